The Labute approximate surface area is 417 Å². The Morgan fingerprint density at radius 3 is 2.47 bits per heavy atom. The average Bonchev–Trinajstić information content (AvgIpc) is 3.71. The van der Waals surface area contributed by atoms with Crippen LogP contribution in [-0.2, 0) is 20.2 Å². The number of aromatic nitrogens is 2. The van der Waals surface area contributed by atoms with Gasteiger partial charge < -0.3 is 29.8 Å². The van der Waals surface area contributed by atoms with E-state index in [-0.39, 0.29) is 88.1 Å². The molecular formula is C50H60FN9O10S2. The smallest absolute Gasteiger partial charge is 0.297 e. The lowest BCUT2D eigenvalue weighted by Gasteiger charge is -2.58. The van der Waals surface area contributed by atoms with E-state index < -0.39 is 53.1 Å². The van der Waals surface area contributed by atoms with Crippen molar-refractivity contribution in [3.63, 3.8) is 0 Å². The van der Waals surface area contributed by atoms with Crippen LogP contribution in [0.4, 0.5) is 21.5 Å². The Hall–Kier alpha value is -5.91. The Morgan fingerprint density at radius 1 is 1.03 bits per heavy atom. The molecule has 19 nitrogen and oxygen atoms in total. The van der Waals surface area contributed by atoms with Gasteiger partial charge in [-0.15, -0.1) is 0 Å². The molecule has 0 bridgehead atoms. The summed E-state index contributed by atoms with van der Waals surface area (Å²) in [5.41, 5.74) is 1.89. The Balaban J connectivity index is 0.866. The normalized spacial score (nSPS) is 24.0. The number of nitro groups is 1. The second kappa shape index (κ2) is 18.9. The number of piperazine rings is 1. The molecule has 10 rings (SSSR count). The lowest BCUT2D eigenvalue weighted by molar-refractivity contribution is -0.384. The maximum Gasteiger partial charge on any atom is 0.297 e. The number of nitrogens with one attached hydrogen (secondary N) is 3. The van der Waals surface area contributed by atoms with Crippen LogP contribution in [0.2, 0.25) is 0 Å². The molecule has 5 heterocycles. The minimum absolute atomic E-state index is 0.0353. The van der Waals surface area contributed by atoms with Crippen molar-refractivity contribution >= 4 is 54.2 Å². The van der Waals surface area contributed by atoms with Gasteiger partial charge in [-0.05, 0) is 105 Å². The number of aromatic amines is 1. The van der Waals surface area contributed by atoms with Crippen molar-refractivity contribution in [2.24, 2.45) is 16.5 Å². The predicted octanol–water partition coefficient (Wildman–Crippen LogP) is 7.07. The molecule has 0 unspecified atom stereocenters. The van der Waals surface area contributed by atoms with Gasteiger partial charge in [-0.1, -0.05) is 38.1 Å². The molecule has 1 spiro atoms. The molecule has 2 saturated heterocycles. The molecule has 22 heteroatoms. The van der Waals surface area contributed by atoms with E-state index in [1.807, 2.05) is 12.1 Å². The first-order valence-corrected chi connectivity index (χ1v) is 27.5. The summed E-state index contributed by atoms with van der Waals surface area (Å²) in [4.78, 5) is 36.9. The highest BCUT2D eigenvalue weighted by molar-refractivity contribution is 7.90. The number of anilines is 2. The third kappa shape index (κ3) is 9.83. The monoisotopic (exact) mass is 1030 g/mol. The third-order valence-electron chi connectivity index (χ3n) is 15.8. The molecule has 2 saturated carbocycles. The SMILES string of the molecule is CC(C)c1ccccc1[C@@H]1CN(S(N)(=O)=O)CCN1C1CC2(CCN(c3ccc(C(=O)NS(=O)(=O)c4cc5c(c([N+](=O)[O-])c4)N[C@@H](C4CCC(C)(O)CC4)CO5)c(Oc4cnc5[nH]cc(F)c5c4)c3)CC2)C1. The molecule has 3 aromatic carbocycles. The summed E-state index contributed by atoms with van der Waals surface area (Å²) in [6.45, 7) is 8.69. The van der Waals surface area contributed by atoms with Gasteiger partial charge in [0.1, 0.15) is 29.6 Å². The van der Waals surface area contributed by atoms with Crippen LogP contribution in [0.3, 0.4) is 0 Å². The molecule has 2 aromatic heterocycles. The number of amides is 1. The fraction of sp³-hybridized carbons (Fsp3) is 0.480. The van der Waals surface area contributed by atoms with Crippen molar-refractivity contribution in [1.82, 2.24) is 23.9 Å². The van der Waals surface area contributed by atoms with E-state index in [2.05, 4.69) is 55.8 Å². The number of sulfonamides is 1. The largest absolute Gasteiger partial charge is 0.489 e. The molecule has 72 heavy (non-hydrogen) atoms. The highest BCUT2D eigenvalue weighted by atomic mass is 32.2. The highest BCUT2D eigenvalue weighted by Crippen LogP contribution is 2.54. The van der Waals surface area contributed by atoms with E-state index in [4.69, 9.17) is 14.6 Å². The van der Waals surface area contributed by atoms with E-state index in [0.29, 0.717) is 57.5 Å². The summed E-state index contributed by atoms with van der Waals surface area (Å²) in [5, 5.41) is 31.9. The number of carbonyl (C=O) groups is 1. The summed E-state index contributed by atoms with van der Waals surface area (Å²) in [5.74, 6) is -1.34. The first-order chi connectivity index (χ1) is 34.2. The molecule has 0 radical (unpaired) electrons. The van der Waals surface area contributed by atoms with Gasteiger partial charge in [0.2, 0.25) is 0 Å². The number of nitrogens with zero attached hydrogens (tertiary/aromatic N) is 5. The van der Waals surface area contributed by atoms with Crippen molar-refractivity contribution in [3.05, 3.63) is 106 Å². The third-order valence-corrected chi connectivity index (χ3v) is 18.2. The molecule has 1 amide bonds. The summed E-state index contributed by atoms with van der Waals surface area (Å²) < 4.78 is 83.5. The number of fused-ring (bicyclic) bond motifs is 2. The maximum atomic E-state index is 14.7. The summed E-state index contributed by atoms with van der Waals surface area (Å²) in [7, 11) is -8.63. The molecule has 384 valence electrons. The lowest BCUT2D eigenvalue weighted by Crippen LogP contribution is -2.61. The number of ether oxygens (including phenoxy) is 2. The van der Waals surface area contributed by atoms with Crippen LogP contribution in [0.1, 0.15) is 106 Å². The maximum absolute atomic E-state index is 14.7. The zero-order valence-electron chi connectivity index (χ0n) is 40.3. The number of nitro benzene ring substituents is 1. The molecule has 4 fully saturated rings. The van der Waals surface area contributed by atoms with Gasteiger partial charge in [0, 0.05) is 74.9 Å². The quantitative estimate of drug-likeness (QED) is 0.0619. The zero-order valence-corrected chi connectivity index (χ0v) is 42.0. The van der Waals surface area contributed by atoms with Crippen molar-refractivity contribution < 1.29 is 45.5 Å². The number of rotatable bonds is 12. The first-order valence-electron chi connectivity index (χ1n) is 24.5. The number of benzene rings is 3. The van der Waals surface area contributed by atoms with E-state index in [1.165, 1.54) is 28.2 Å². The fourth-order valence-electron chi connectivity index (χ4n) is 11.7. The first kappa shape index (κ1) is 49.7. The van der Waals surface area contributed by atoms with E-state index in [9.17, 15) is 41.2 Å². The number of H-pyrrole nitrogens is 1. The Morgan fingerprint density at radius 2 is 1.76 bits per heavy atom. The fourth-order valence-corrected chi connectivity index (χ4v) is 13.4. The van der Waals surface area contributed by atoms with E-state index in [0.717, 1.165) is 49.6 Å². The molecule has 5 aromatic rings. The predicted molar refractivity (Wildman–Crippen MR) is 267 cm³/mol. The van der Waals surface area contributed by atoms with Gasteiger partial charge in [0.25, 0.3) is 31.8 Å². The van der Waals surface area contributed by atoms with Crippen LogP contribution in [0.25, 0.3) is 11.0 Å². The van der Waals surface area contributed by atoms with E-state index in [1.54, 1.807) is 19.1 Å². The number of hydrogen-bond acceptors (Lipinski definition) is 14. The van der Waals surface area contributed by atoms with Crippen molar-refractivity contribution in [1.29, 1.82) is 0 Å². The second-order valence-electron chi connectivity index (χ2n) is 20.9. The minimum Gasteiger partial charge on any atom is -0.489 e. The number of hydrogen-bond donors (Lipinski definition) is 5. The lowest BCUT2D eigenvalue weighted by atomic mass is 9.59. The number of halogens is 1. The van der Waals surface area contributed by atoms with Crippen LogP contribution in [-0.4, -0.2) is 109 Å². The second-order valence-corrected chi connectivity index (χ2v) is 24.1. The van der Waals surface area contributed by atoms with Crippen molar-refractivity contribution in [3.8, 4) is 17.2 Å². The Kier molecular flexibility index (Phi) is 13.0. The van der Waals surface area contributed by atoms with Crippen molar-refractivity contribution in [2.45, 2.75) is 107 Å². The van der Waals surface area contributed by atoms with Crippen LogP contribution in [0, 0.1) is 27.3 Å². The van der Waals surface area contributed by atoms with Crippen LogP contribution in [0.15, 0.2) is 78.0 Å². The standard InChI is InChI=1S/C50H60FN9O10S2/c1-30(2)36-6-4-5-7-37(36)43-28-58(72(52,67)68)18-19-59(43)33-24-50(25-33)14-16-57(17-15-50)32-8-9-38(44(20-32)70-34-21-39-40(51)27-54-47(39)53-26-34)48(61)56-71(65,66)35-22-42(60(63)64)46-45(23-35)69-29-41(55-46)31-10-12-49(3,62)13-11-31/h4-9,20-23,26-27,30-31,33,41,43,55,62H,10-19,24-25,28-29H2,1-3H3,(H,53,54)(H,56,61)(H2,52,67,68)/t31?,41-,43+,49?/m1/s1. The molecular weight excluding hydrogens is 970 g/mol. The molecule has 5 aliphatic rings. The average molecular weight is 1030 g/mol. The Bertz CT molecular complexity index is 3140. The van der Waals surface area contributed by atoms with Gasteiger partial charge >= 0.3 is 0 Å². The summed E-state index contributed by atoms with van der Waals surface area (Å²) in [6.07, 6.45) is 8.65. The van der Waals surface area contributed by atoms with Gasteiger partial charge in [0.05, 0.1) is 38.6 Å². The van der Waals surface area contributed by atoms with Gasteiger partial charge in [0.15, 0.2) is 11.4 Å². The van der Waals surface area contributed by atoms with Crippen LogP contribution in [0.5, 0.6) is 17.2 Å². The summed E-state index contributed by atoms with van der Waals surface area (Å²) >= 11 is 0. The minimum atomic E-state index is -4.76. The van der Waals surface area contributed by atoms with Gasteiger partial charge in [-0.25, -0.2) is 27.7 Å². The van der Waals surface area contributed by atoms with Crippen LogP contribution >= 0.6 is 0 Å². The number of aliphatic hydroxyl groups is 1. The summed E-state index contributed by atoms with van der Waals surface area (Å²) in [6, 6.07) is 16.3. The van der Waals surface area contributed by atoms with E-state index >= 15 is 0 Å². The molecule has 2 atom stereocenters. The van der Waals surface area contributed by atoms with Gasteiger partial charge in [-0.2, -0.15) is 12.7 Å². The topological polar surface area (TPSA) is 256 Å². The van der Waals surface area contributed by atoms with Crippen molar-refractivity contribution in [2.75, 3.05) is 49.5 Å². The zero-order chi connectivity index (χ0) is 50.9. The van der Waals surface area contributed by atoms with Gasteiger partial charge in [-0.3, -0.25) is 19.8 Å². The molecule has 3 aliphatic heterocycles. The molecule has 2 aliphatic carbocycles. The number of piperidine rings is 1. The number of nitrogens with two attached hydrogens (primary N) is 1. The highest BCUT2D eigenvalue weighted by Gasteiger charge is 2.51. The molecule has 6 N–H and O–H groups in total. The van der Waals surface area contributed by atoms with Crippen LogP contribution < -0.4 is 29.6 Å². The number of pyridine rings is 1. The number of carbonyl (C=O) groups excluding carboxylic acids is 1.